The van der Waals surface area contributed by atoms with Crippen LogP contribution in [-0.2, 0) is 24.4 Å². The van der Waals surface area contributed by atoms with E-state index in [4.69, 9.17) is 0 Å². The Labute approximate surface area is 187 Å². The van der Waals surface area contributed by atoms with E-state index in [0.29, 0.717) is 30.7 Å². The van der Waals surface area contributed by atoms with Gasteiger partial charge in [-0.25, -0.2) is 12.7 Å². The first-order valence-corrected chi connectivity index (χ1v) is 13.2. The number of anilines is 1. The SMILES string of the molecule is CSCC[C@H](C(=O)Nc1cccc(S(=O)(=O)N(C)C)c1)N1C(=O)[C@@H]2CCCC[C@H]2C1=O. The second-order valence-corrected chi connectivity index (χ2v) is 11.3. The minimum Gasteiger partial charge on any atom is -0.324 e. The van der Waals surface area contributed by atoms with Crippen LogP contribution in [0.2, 0.25) is 0 Å². The zero-order chi connectivity index (χ0) is 22.8. The maximum absolute atomic E-state index is 13.2. The summed E-state index contributed by atoms with van der Waals surface area (Å²) in [6.07, 6.45) is 5.46. The molecule has 1 aromatic carbocycles. The molecular formula is C21H29N3O5S2. The predicted molar refractivity (Wildman–Crippen MR) is 120 cm³/mol. The predicted octanol–water partition coefficient (Wildman–Crippen LogP) is 2.17. The number of hydrogen-bond donors (Lipinski definition) is 1. The van der Waals surface area contributed by atoms with Gasteiger partial charge in [-0.05, 0) is 49.5 Å². The first-order valence-electron chi connectivity index (χ1n) is 10.4. The molecule has 1 heterocycles. The molecular weight excluding hydrogens is 438 g/mol. The van der Waals surface area contributed by atoms with E-state index in [2.05, 4.69) is 5.32 Å². The van der Waals surface area contributed by atoms with Crippen molar-refractivity contribution < 1.29 is 22.8 Å². The lowest BCUT2D eigenvalue weighted by molar-refractivity contribution is -0.146. The third-order valence-corrected chi connectivity index (χ3v) is 8.42. The molecule has 1 saturated heterocycles. The third kappa shape index (κ3) is 4.80. The second kappa shape index (κ2) is 9.70. The molecule has 1 saturated carbocycles. The number of rotatable bonds is 8. The summed E-state index contributed by atoms with van der Waals surface area (Å²) in [5.74, 6) is -1.01. The molecule has 3 atom stereocenters. The molecule has 1 aliphatic heterocycles. The summed E-state index contributed by atoms with van der Waals surface area (Å²) >= 11 is 1.54. The van der Waals surface area contributed by atoms with Gasteiger partial charge in [0, 0.05) is 19.8 Å². The van der Waals surface area contributed by atoms with Crippen LogP contribution in [0.25, 0.3) is 0 Å². The van der Waals surface area contributed by atoms with Crippen molar-refractivity contribution in [3.8, 4) is 0 Å². The van der Waals surface area contributed by atoms with Crippen molar-refractivity contribution in [3.05, 3.63) is 24.3 Å². The molecule has 1 aliphatic carbocycles. The van der Waals surface area contributed by atoms with Gasteiger partial charge in [0.2, 0.25) is 27.7 Å². The standard InChI is InChI=1S/C21H29N3O5S2/c1-23(2)31(28,29)15-8-6-7-14(13-15)22-19(25)18(11-12-30-3)24-20(26)16-9-4-5-10-17(16)21(24)27/h6-8,13,16-18H,4-5,9-12H2,1-3H3,(H,22,25)/t16-,17-,18-/m1/s1. The first kappa shape index (κ1) is 23.7. The Morgan fingerprint density at radius 1 is 1.19 bits per heavy atom. The third-order valence-electron chi connectivity index (χ3n) is 5.97. The molecule has 0 radical (unpaired) electrons. The van der Waals surface area contributed by atoms with Gasteiger partial charge in [-0.3, -0.25) is 19.3 Å². The van der Waals surface area contributed by atoms with Crippen LogP contribution in [0.3, 0.4) is 0 Å². The number of nitrogens with zero attached hydrogens (tertiary/aromatic N) is 2. The Morgan fingerprint density at radius 2 is 1.81 bits per heavy atom. The maximum atomic E-state index is 13.2. The van der Waals surface area contributed by atoms with E-state index in [-0.39, 0.29) is 28.5 Å². The zero-order valence-corrected chi connectivity index (χ0v) is 19.7. The molecule has 2 fully saturated rings. The summed E-state index contributed by atoms with van der Waals surface area (Å²) in [4.78, 5) is 40.4. The van der Waals surface area contributed by atoms with Crippen LogP contribution in [0.15, 0.2) is 29.2 Å². The largest absolute Gasteiger partial charge is 0.324 e. The Bertz CT molecular complexity index is 940. The lowest BCUT2D eigenvalue weighted by Gasteiger charge is -2.26. The van der Waals surface area contributed by atoms with Gasteiger partial charge in [0.05, 0.1) is 16.7 Å². The van der Waals surface area contributed by atoms with Gasteiger partial charge >= 0.3 is 0 Å². The quantitative estimate of drug-likeness (QED) is 0.588. The fraction of sp³-hybridized carbons (Fsp3) is 0.571. The Balaban J connectivity index is 1.84. The molecule has 0 bridgehead atoms. The highest BCUT2D eigenvalue weighted by atomic mass is 32.2. The highest BCUT2D eigenvalue weighted by Crippen LogP contribution is 2.39. The number of carbonyl (C=O) groups is 3. The Hall–Kier alpha value is -1.91. The van der Waals surface area contributed by atoms with Crippen molar-refractivity contribution in [2.75, 3.05) is 31.4 Å². The van der Waals surface area contributed by atoms with Gasteiger partial charge in [0.15, 0.2) is 0 Å². The summed E-state index contributed by atoms with van der Waals surface area (Å²) in [7, 11) is -0.790. The molecule has 1 aromatic rings. The molecule has 0 aromatic heterocycles. The van der Waals surface area contributed by atoms with Crippen molar-refractivity contribution in [2.24, 2.45) is 11.8 Å². The van der Waals surface area contributed by atoms with E-state index < -0.39 is 22.0 Å². The van der Waals surface area contributed by atoms with E-state index in [1.165, 1.54) is 42.9 Å². The fourth-order valence-electron chi connectivity index (χ4n) is 4.27. The van der Waals surface area contributed by atoms with Gasteiger partial charge in [-0.2, -0.15) is 11.8 Å². The molecule has 31 heavy (non-hydrogen) atoms. The van der Waals surface area contributed by atoms with Crippen molar-refractivity contribution >= 4 is 45.2 Å². The summed E-state index contributed by atoms with van der Waals surface area (Å²) < 4.78 is 25.9. The number of sulfonamides is 1. The number of hydrogen-bond acceptors (Lipinski definition) is 6. The summed E-state index contributed by atoms with van der Waals surface area (Å²) in [6.45, 7) is 0. The number of carbonyl (C=O) groups excluding carboxylic acids is 3. The number of amides is 3. The number of benzene rings is 1. The van der Waals surface area contributed by atoms with Gasteiger partial charge in [-0.1, -0.05) is 18.9 Å². The number of likely N-dealkylation sites (tertiary alicyclic amines) is 1. The van der Waals surface area contributed by atoms with Crippen LogP contribution in [0, 0.1) is 11.8 Å². The monoisotopic (exact) mass is 467 g/mol. The molecule has 0 spiro atoms. The molecule has 3 amide bonds. The molecule has 10 heteroatoms. The summed E-state index contributed by atoms with van der Waals surface area (Å²) in [5, 5.41) is 2.72. The van der Waals surface area contributed by atoms with Crippen LogP contribution in [-0.4, -0.2) is 67.5 Å². The van der Waals surface area contributed by atoms with Gasteiger partial charge in [-0.15, -0.1) is 0 Å². The Kier molecular flexibility index (Phi) is 7.43. The van der Waals surface area contributed by atoms with E-state index >= 15 is 0 Å². The average Bonchev–Trinajstić information content (AvgIpc) is 2.99. The molecule has 1 N–H and O–H groups in total. The molecule has 170 valence electrons. The number of imide groups is 1. The van der Waals surface area contributed by atoms with Crippen LogP contribution in [0.4, 0.5) is 5.69 Å². The van der Waals surface area contributed by atoms with E-state index in [9.17, 15) is 22.8 Å². The molecule has 3 rings (SSSR count). The second-order valence-electron chi connectivity index (χ2n) is 8.15. The van der Waals surface area contributed by atoms with E-state index in [1.54, 1.807) is 12.1 Å². The molecule has 0 unspecified atom stereocenters. The normalized spacial score (nSPS) is 22.5. The molecule has 8 nitrogen and oxygen atoms in total. The maximum Gasteiger partial charge on any atom is 0.247 e. The number of fused-ring (bicyclic) bond motifs is 1. The minimum absolute atomic E-state index is 0.0512. The van der Waals surface area contributed by atoms with E-state index in [0.717, 1.165) is 17.1 Å². The average molecular weight is 468 g/mol. The number of thioether (sulfide) groups is 1. The lowest BCUT2D eigenvalue weighted by Crippen LogP contribution is -2.48. The zero-order valence-electron chi connectivity index (χ0n) is 18.0. The van der Waals surface area contributed by atoms with Gasteiger partial charge in [0.25, 0.3) is 0 Å². The van der Waals surface area contributed by atoms with Crippen molar-refractivity contribution in [1.82, 2.24) is 9.21 Å². The lowest BCUT2D eigenvalue weighted by atomic mass is 9.81. The smallest absolute Gasteiger partial charge is 0.247 e. The van der Waals surface area contributed by atoms with E-state index in [1.807, 2.05) is 6.26 Å². The van der Waals surface area contributed by atoms with Crippen molar-refractivity contribution in [2.45, 2.75) is 43.0 Å². The minimum atomic E-state index is -3.66. The summed E-state index contributed by atoms with van der Waals surface area (Å²) in [5.41, 5.74) is 0.304. The molecule has 2 aliphatic rings. The van der Waals surface area contributed by atoms with Crippen molar-refractivity contribution in [3.63, 3.8) is 0 Å². The fourth-order valence-corrected chi connectivity index (χ4v) is 5.68. The van der Waals surface area contributed by atoms with Crippen LogP contribution in [0.1, 0.15) is 32.1 Å². The van der Waals surface area contributed by atoms with Crippen LogP contribution < -0.4 is 5.32 Å². The highest BCUT2D eigenvalue weighted by molar-refractivity contribution is 7.98. The van der Waals surface area contributed by atoms with Gasteiger partial charge < -0.3 is 5.32 Å². The number of nitrogens with one attached hydrogen (secondary N) is 1. The van der Waals surface area contributed by atoms with Crippen molar-refractivity contribution in [1.29, 1.82) is 0 Å². The van der Waals surface area contributed by atoms with Crippen LogP contribution >= 0.6 is 11.8 Å². The summed E-state index contributed by atoms with van der Waals surface area (Å²) in [6, 6.07) is 5.06. The van der Waals surface area contributed by atoms with Crippen LogP contribution in [0.5, 0.6) is 0 Å². The highest BCUT2D eigenvalue weighted by Gasteiger charge is 2.51. The van der Waals surface area contributed by atoms with Gasteiger partial charge in [0.1, 0.15) is 6.04 Å². The first-order chi connectivity index (χ1) is 14.7. The topological polar surface area (TPSA) is 104 Å². The Morgan fingerprint density at radius 3 is 2.35 bits per heavy atom.